The molecule has 0 heterocycles. The fourth-order valence-corrected chi connectivity index (χ4v) is 6.16. The van der Waals surface area contributed by atoms with Crippen LogP contribution in [0.5, 0.6) is 5.75 Å². The van der Waals surface area contributed by atoms with Gasteiger partial charge >= 0.3 is 0 Å². The SMILES string of the molecule is CCCCCCCCCCOc1ccc(-c2ccc(C3(C=O)CCC(CCCCCCC)CC3)cc2)cc1. The number of aldehydes is 1. The molecule has 1 saturated carbocycles. The van der Waals surface area contributed by atoms with E-state index >= 15 is 0 Å². The first-order chi connectivity index (χ1) is 18.7. The Hall–Kier alpha value is -2.09. The van der Waals surface area contributed by atoms with Crippen LogP contribution < -0.4 is 4.74 Å². The highest BCUT2D eigenvalue weighted by Gasteiger charge is 2.36. The molecule has 210 valence electrons. The molecule has 2 aromatic carbocycles. The van der Waals surface area contributed by atoms with Crippen molar-refractivity contribution in [3.63, 3.8) is 0 Å². The van der Waals surface area contributed by atoms with E-state index in [1.165, 1.54) is 119 Å². The Morgan fingerprint density at radius 3 is 1.74 bits per heavy atom. The number of carbonyl (C=O) groups excluding carboxylic acids is 1. The smallest absolute Gasteiger partial charge is 0.130 e. The van der Waals surface area contributed by atoms with Crippen LogP contribution in [0.15, 0.2) is 48.5 Å². The van der Waals surface area contributed by atoms with Crippen molar-refractivity contribution >= 4 is 6.29 Å². The van der Waals surface area contributed by atoms with Crippen molar-refractivity contribution in [3.8, 4) is 16.9 Å². The van der Waals surface area contributed by atoms with Crippen molar-refractivity contribution in [1.29, 1.82) is 0 Å². The molecule has 0 aromatic heterocycles. The molecule has 38 heavy (non-hydrogen) atoms. The molecule has 0 N–H and O–H groups in total. The molecular formula is C36H54O2. The Labute approximate surface area is 234 Å². The summed E-state index contributed by atoms with van der Waals surface area (Å²) in [5.74, 6) is 1.76. The second kappa shape index (κ2) is 17.5. The summed E-state index contributed by atoms with van der Waals surface area (Å²) >= 11 is 0. The van der Waals surface area contributed by atoms with Gasteiger partial charge in [0.25, 0.3) is 0 Å². The van der Waals surface area contributed by atoms with E-state index in [2.05, 4.69) is 62.4 Å². The number of benzene rings is 2. The third kappa shape index (κ3) is 9.90. The first kappa shape index (κ1) is 30.5. The van der Waals surface area contributed by atoms with Crippen LogP contribution in [0.25, 0.3) is 11.1 Å². The first-order valence-corrected chi connectivity index (χ1v) is 16.0. The molecule has 2 heteroatoms. The van der Waals surface area contributed by atoms with Crippen LogP contribution in [-0.2, 0) is 10.2 Å². The number of unbranched alkanes of at least 4 members (excludes halogenated alkanes) is 11. The van der Waals surface area contributed by atoms with Crippen LogP contribution >= 0.6 is 0 Å². The minimum Gasteiger partial charge on any atom is -0.494 e. The molecule has 0 saturated heterocycles. The molecule has 0 unspecified atom stereocenters. The van der Waals surface area contributed by atoms with Crippen LogP contribution in [0, 0.1) is 5.92 Å². The van der Waals surface area contributed by atoms with Crippen LogP contribution in [0.1, 0.15) is 135 Å². The second-order valence-electron chi connectivity index (χ2n) is 11.8. The molecule has 1 aliphatic rings. The molecule has 0 aliphatic heterocycles. The fraction of sp³-hybridized carbons (Fsp3) is 0.639. The molecule has 1 fully saturated rings. The molecule has 0 radical (unpaired) electrons. The van der Waals surface area contributed by atoms with E-state index in [1.54, 1.807) is 0 Å². The van der Waals surface area contributed by atoms with Gasteiger partial charge in [0.2, 0.25) is 0 Å². The van der Waals surface area contributed by atoms with Gasteiger partial charge in [-0.05, 0) is 66.8 Å². The van der Waals surface area contributed by atoms with Gasteiger partial charge in [-0.1, -0.05) is 134 Å². The first-order valence-electron chi connectivity index (χ1n) is 16.0. The molecule has 1 aliphatic carbocycles. The number of hydrogen-bond donors (Lipinski definition) is 0. The lowest BCUT2D eigenvalue weighted by molar-refractivity contribution is -0.114. The summed E-state index contributed by atoms with van der Waals surface area (Å²) in [5.41, 5.74) is 3.31. The van der Waals surface area contributed by atoms with Gasteiger partial charge < -0.3 is 9.53 Å². The van der Waals surface area contributed by atoms with Gasteiger partial charge in [-0.2, -0.15) is 0 Å². The Balaban J connectivity index is 1.41. The molecule has 2 aromatic rings. The fourth-order valence-electron chi connectivity index (χ4n) is 6.16. The lowest BCUT2D eigenvalue weighted by atomic mass is 9.66. The molecule has 3 rings (SSSR count). The zero-order valence-corrected chi connectivity index (χ0v) is 24.5. The van der Waals surface area contributed by atoms with E-state index < -0.39 is 0 Å². The minimum absolute atomic E-state index is 0.287. The maximum Gasteiger partial charge on any atom is 0.130 e. The van der Waals surface area contributed by atoms with Crippen molar-refractivity contribution in [3.05, 3.63) is 54.1 Å². The lowest BCUT2D eigenvalue weighted by Gasteiger charge is -2.36. The van der Waals surface area contributed by atoms with Gasteiger partial charge in [0.1, 0.15) is 12.0 Å². The summed E-state index contributed by atoms with van der Waals surface area (Å²) in [6.45, 7) is 5.35. The highest BCUT2D eigenvalue weighted by molar-refractivity contribution is 5.71. The van der Waals surface area contributed by atoms with Gasteiger partial charge in [0.05, 0.1) is 12.0 Å². The maximum absolute atomic E-state index is 12.3. The summed E-state index contributed by atoms with van der Waals surface area (Å²) in [4.78, 5) is 12.3. The molecular weight excluding hydrogens is 464 g/mol. The topological polar surface area (TPSA) is 26.3 Å². The Morgan fingerprint density at radius 2 is 1.18 bits per heavy atom. The van der Waals surface area contributed by atoms with E-state index in [-0.39, 0.29) is 5.41 Å². The largest absolute Gasteiger partial charge is 0.494 e. The maximum atomic E-state index is 12.3. The van der Waals surface area contributed by atoms with E-state index in [0.717, 1.165) is 37.5 Å². The molecule has 0 atom stereocenters. The molecule has 0 spiro atoms. The van der Waals surface area contributed by atoms with Crippen molar-refractivity contribution in [1.82, 2.24) is 0 Å². The minimum atomic E-state index is -0.287. The normalized spacial score (nSPS) is 19.4. The number of hydrogen-bond acceptors (Lipinski definition) is 2. The zero-order valence-electron chi connectivity index (χ0n) is 24.5. The van der Waals surface area contributed by atoms with Crippen LogP contribution in [0.4, 0.5) is 0 Å². The molecule has 2 nitrogen and oxygen atoms in total. The third-order valence-electron chi connectivity index (χ3n) is 8.85. The highest BCUT2D eigenvalue weighted by Crippen LogP contribution is 2.42. The summed E-state index contributed by atoms with van der Waals surface area (Å²) in [6, 6.07) is 17.3. The quantitative estimate of drug-likeness (QED) is 0.136. The third-order valence-corrected chi connectivity index (χ3v) is 8.85. The van der Waals surface area contributed by atoms with Gasteiger partial charge in [0.15, 0.2) is 0 Å². The van der Waals surface area contributed by atoms with E-state index in [9.17, 15) is 4.79 Å². The summed E-state index contributed by atoms with van der Waals surface area (Å²) in [6.07, 6.45) is 24.3. The Kier molecular flexibility index (Phi) is 14.0. The van der Waals surface area contributed by atoms with Gasteiger partial charge in [-0.25, -0.2) is 0 Å². The predicted octanol–water partition coefficient (Wildman–Crippen LogP) is 10.9. The van der Waals surface area contributed by atoms with Gasteiger partial charge in [-0.15, -0.1) is 0 Å². The average molecular weight is 519 g/mol. The van der Waals surface area contributed by atoms with Gasteiger partial charge in [-0.3, -0.25) is 0 Å². The van der Waals surface area contributed by atoms with E-state index in [4.69, 9.17) is 4.74 Å². The van der Waals surface area contributed by atoms with Crippen LogP contribution in [0.2, 0.25) is 0 Å². The number of rotatable bonds is 19. The Morgan fingerprint density at radius 1 is 0.684 bits per heavy atom. The summed E-state index contributed by atoms with van der Waals surface area (Å²) in [7, 11) is 0. The zero-order chi connectivity index (χ0) is 26.9. The van der Waals surface area contributed by atoms with Crippen molar-refractivity contribution in [2.45, 2.75) is 135 Å². The molecule has 0 amide bonds. The second-order valence-corrected chi connectivity index (χ2v) is 11.8. The lowest BCUT2D eigenvalue weighted by Crippen LogP contribution is -2.33. The van der Waals surface area contributed by atoms with Crippen molar-refractivity contribution in [2.75, 3.05) is 6.61 Å². The summed E-state index contributed by atoms with van der Waals surface area (Å²) in [5, 5.41) is 0. The van der Waals surface area contributed by atoms with E-state index in [0.29, 0.717) is 0 Å². The summed E-state index contributed by atoms with van der Waals surface area (Å²) < 4.78 is 5.98. The number of carbonyl (C=O) groups is 1. The standard InChI is InChI=1S/C36H54O2/c1-3-5-7-9-10-11-13-15-29-38-35-23-19-33(20-24-35)32-17-21-34(22-18-32)36(30-37)27-25-31(26-28-36)16-14-12-8-6-4-2/h17-24,30-31H,3-16,25-29H2,1-2H3. The van der Waals surface area contributed by atoms with Crippen molar-refractivity contribution < 1.29 is 9.53 Å². The average Bonchev–Trinajstić information content (AvgIpc) is 2.97. The van der Waals surface area contributed by atoms with Gasteiger partial charge in [0, 0.05) is 0 Å². The Bertz CT molecular complexity index is 875. The predicted molar refractivity (Wildman–Crippen MR) is 163 cm³/mol. The number of ether oxygens (including phenoxy) is 1. The monoisotopic (exact) mass is 518 g/mol. The molecule has 0 bridgehead atoms. The van der Waals surface area contributed by atoms with Crippen LogP contribution in [-0.4, -0.2) is 12.9 Å². The van der Waals surface area contributed by atoms with Crippen molar-refractivity contribution in [2.24, 2.45) is 5.92 Å². The highest BCUT2D eigenvalue weighted by atomic mass is 16.5. The van der Waals surface area contributed by atoms with E-state index in [1.807, 2.05) is 0 Å². The van der Waals surface area contributed by atoms with Crippen LogP contribution in [0.3, 0.4) is 0 Å².